The van der Waals surface area contributed by atoms with Crippen LogP contribution in [0.15, 0.2) is 66.7 Å². The maximum absolute atomic E-state index is 12.7. The molecular formula is C28H28N2O5. The van der Waals surface area contributed by atoms with E-state index in [1.807, 2.05) is 38.1 Å². The van der Waals surface area contributed by atoms with E-state index in [0.29, 0.717) is 17.7 Å². The number of benzene rings is 3. The van der Waals surface area contributed by atoms with Gasteiger partial charge in [-0.2, -0.15) is 0 Å². The Morgan fingerprint density at radius 3 is 2.20 bits per heavy atom. The zero-order chi connectivity index (χ0) is 24.9. The number of carboxylic acid groups (broad SMARTS) is 1. The van der Waals surface area contributed by atoms with Crippen LogP contribution in [-0.4, -0.2) is 35.7 Å². The molecule has 0 aromatic heterocycles. The molecule has 0 radical (unpaired) electrons. The molecule has 35 heavy (non-hydrogen) atoms. The number of ether oxygens (including phenoxy) is 1. The van der Waals surface area contributed by atoms with Gasteiger partial charge in [-0.05, 0) is 53.3 Å². The summed E-state index contributed by atoms with van der Waals surface area (Å²) in [4.78, 5) is 36.3. The average Bonchev–Trinajstić information content (AvgIpc) is 3.17. The average molecular weight is 473 g/mol. The molecule has 2 amide bonds. The Bertz CT molecular complexity index is 1220. The van der Waals surface area contributed by atoms with Crippen molar-refractivity contribution >= 4 is 23.7 Å². The zero-order valence-corrected chi connectivity index (χ0v) is 19.7. The maximum atomic E-state index is 12.7. The molecule has 1 aliphatic carbocycles. The van der Waals surface area contributed by atoms with Crippen LogP contribution in [0.5, 0.6) is 0 Å². The molecular weight excluding hydrogens is 444 g/mol. The van der Waals surface area contributed by atoms with Crippen molar-refractivity contribution in [3.63, 3.8) is 0 Å². The Hall–Kier alpha value is -4.13. The van der Waals surface area contributed by atoms with Crippen molar-refractivity contribution in [1.82, 2.24) is 5.32 Å². The summed E-state index contributed by atoms with van der Waals surface area (Å²) in [5.74, 6) is -1.42. The minimum atomic E-state index is -0.973. The lowest BCUT2D eigenvalue weighted by Gasteiger charge is -2.17. The van der Waals surface area contributed by atoms with Crippen molar-refractivity contribution in [2.75, 3.05) is 11.9 Å². The van der Waals surface area contributed by atoms with Crippen molar-refractivity contribution in [2.24, 2.45) is 0 Å². The van der Waals surface area contributed by atoms with Crippen LogP contribution in [0.1, 0.15) is 52.7 Å². The van der Waals surface area contributed by atoms with E-state index >= 15 is 0 Å². The molecule has 3 aromatic rings. The summed E-state index contributed by atoms with van der Waals surface area (Å²) in [5.41, 5.74) is 6.12. The highest BCUT2D eigenvalue weighted by Gasteiger charge is 2.29. The monoisotopic (exact) mass is 472 g/mol. The largest absolute Gasteiger partial charge is 0.481 e. The van der Waals surface area contributed by atoms with E-state index in [9.17, 15) is 14.4 Å². The van der Waals surface area contributed by atoms with Crippen molar-refractivity contribution < 1.29 is 24.2 Å². The zero-order valence-electron chi connectivity index (χ0n) is 19.7. The molecule has 0 saturated carbocycles. The number of aliphatic carboxylic acids is 1. The van der Waals surface area contributed by atoms with Gasteiger partial charge in [0, 0.05) is 23.2 Å². The number of hydrogen-bond donors (Lipinski definition) is 3. The quantitative estimate of drug-likeness (QED) is 0.411. The van der Waals surface area contributed by atoms with Crippen LogP contribution in [0.3, 0.4) is 0 Å². The molecule has 3 aromatic carbocycles. The summed E-state index contributed by atoms with van der Waals surface area (Å²) in [6.45, 7) is 3.82. The molecule has 0 fully saturated rings. The van der Waals surface area contributed by atoms with E-state index in [1.54, 1.807) is 18.2 Å². The van der Waals surface area contributed by atoms with Gasteiger partial charge in [-0.1, -0.05) is 61.5 Å². The van der Waals surface area contributed by atoms with Gasteiger partial charge in [0.25, 0.3) is 5.91 Å². The molecule has 7 heteroatoms. The number of amides is 2. The molecule has 1 aliphatic rings. The Morgan fingerprint density at radius 2 is 1.60 bits per heavy atom. The summed E-state index contributed by atoms with van der Waals surface area (Å²) in [7, 11) is 0. The van der Waals surface area contributed by atoms with E-state index < -0.39 is 24.0 Å². The van der Waals surface area contributed by atoms with Crippen molar-refractivity contribution in [2.45, 2.75) is 38.6 Å². The van der Waals surface area contributed by atoms with Crippen LogP contribution in [0.4, 0.5) is 10.5 Å². The third-order valence-corrected chi connectivity index (χ3v) is 6.33. The normalized spacial score (nSPS) is 12.9. The highest BCUT2D eigenvalue weighted by Crippen LogP contribution is 2.44. The number of anilines is 1. The Kier molecular flexibility index (Phi) is 7.15. The Labute approximate surface area is 204 Å². The number of carboxylic acids is 1. The first-order valence-electron chi connectivity index (χ1n) is 11.6. The van der Waals surface area contributed by atoms with E-state index in [1.165, 1.54) is 0 Å². The van der Waals surface area contributed by atoms with E-state index in [-0.39, 0.29) is 18.9 Å². The van der Waals surface area contributed by atoms with E-state index in [2.05, 4.69) is 34.9 Å². The Morgan fingerprint density at radius 1 is 0.971 bits per heavy atom. The standard InChI is InChI=1S/C28H28N2O5/c1-3-19(15-26(31)32)29-27(33)18-13-12-17(2)25(14-18)30-28(34)35-16-24-22-10-6-4-8-20(22)21-9-5-7-11-23(21)24/h4-14,19,24H,3,15-16H2,1-2H3,(H,29,33)(H,30,34)(H,31,32)/t19-/m1/s1. The lowest BCUT2D eigenvalue weighted by atomic mass is 9.98. The summed E-state index contributed by atoms with van der Waals surface area (Å²) < 4.78 is 5.61. The molecule has 0 bridgehead atoms. The van der Waals surface area contributed by atoms with E-state index in [0.717, 1.165) is 27.8 Å². The molecule has 4 rings (SSSR count). The molecule has 0 spiro atoms. The number of aryl methyl sites for hydroxylation is 1. The van der Waals surface area contributed by atoms with Gasteiger partial charge in [-0.15, -0.1) is 0 Å². The fourth-order valence-electron chi connectivity index (χ4n) is 4.42. The molecule has 0 aliphatic heterocycles. The van der Waals surface area contributed by atoms with E-state index in [4.69, 9.17) is 9.84 Å². The third kappa shape index (κ3) is 5.35. The van der Waals surface area contributed by atoms with Gasteiger partial charge in [0.1, 0.15) is 6.61 Å². The molecule has 180 valence electrons. The van der Waals surface area contributed by atoms with Crippen LogP contribution in [0.2, 0.25) is 0 Å². The second-order valence-electron chi connectivity index (χ2n) is 8.66. The van der Waals surface area contributed by atoms with Crippen molar-refractivity contribution in [3.8, 4) is 11.1 Å². The van der Waals surface area contributed by atoms with Crippen molar-refractivity contribution in [3.05, 3.63) is 89.0 Å². The highest BCUT2D eigenvalue weighted by molar-refractivity contribution is 5.97. The first-order valence-corrected chi connectivity index (χ1v) is 11.6. The summed E-state index contributed by atoms with van der Waals surface area (Å²) >= 11 is 0. The van der Waals surface area contributed by atoms with Crippen LogP contribution in [-0.2, 0) is 9.53 Å². The number of carbonyl (C=O) groups excluding carboxylic acids is 2. The van der Waals surface area contributed by atoms with Gasteiger partial charge < -0.3 is 15.2 Å². The van der Waals surface area contributed by atoms with Gasteiger partial charge in [-0.3, -0.25) is 14.9 Å². The topological polar surface area (TPSA) is 105 Å². The molecule has 1 atom stereocenters. The number of rotatable bonds is 8. The smallest absolute Gasteiger partial charge is 0.411 e. The minimum Gasteiger partial charge on any atom is -0.481 e. The molecule has 7 nitrogen and oxygen atoms in total. The second-order valence-corrected chi connectivity index (χ2v) is 8.66. The predicted octanol–water partition coefficient (Wildman–Crippen LogP) is 5.34. The van der Waals surface area contributed by atoms with Crippen LogP contribution in [0, 0.1) is 6.92 Å². The van der Waals surface area contributed by atoms with Gasteiger partial charge in [0.2, 0.25) is 0 Å². The molecule has 3 N–H and O–H groups in total. The van der Waals surface area contributed by atoms with Gasteiger partial charge >= 0.3 is 12.1 Å². The second kappa shape index (κ2) is 10.4. The van der Waals surface area contributed by atoms with Crippen LogP contribution < -0.4 is 10.6 Å². The summed E-state index contributed by atoms with van der Waals surface area (Å²) in [5, 5.41) is 14.5. The van der Waals surface area contributed by atoms with Crippen LogP contribution >= 0.6 is 0 Å². The fraction of sp³-hybridized carbons (Fsp3) is 0.250. The lowest BCUT2D eigenvalue weighted by Crippen LogP contribution is -2.36. The lowest BCUT2D eigenvalue weighted by molar-refractivity contribution is -0.137. The fourth-order valence-corrected chi connectivity index (χ4v) is 4.42. The minimum absolute atomic E-state index is 0.0495. The number of carbonyl (C=O) groups is 3. The first kappa shape index (κ1) is 24.0. The molecule has 0 saturated heterocycles. The van der Waals surface area contributed by atoms with Gasteiger partial charge in [0.15, 0.2) is 0 Å². The number of nitrogens with one attached hydrogen (secondary N) is 2. The summed E-state index contributed by atoms with van der Waals surface area (Å²) in [6, 6.07) is 20.7. The highest BCUT2D eigenvalue weighted by atomic mass is 16.5. The third-order valence-electron chi connectivity index (χ3n) is 6.33. The van der Waals surface area contributed by atoms with Crippen LogP contribution in [0.25, 0.3) is 11.1 Å². The van der Waals surface area contributed by atoms with Gasteiger partial charge in [-0.25, -0.2) is 4.79 Å². The van der Waals surface area contributed by atoms with Gasteiger partial charge in [0.05, 0.1) is 6.42 Å². The maximum Gasteiger partial charge on any atom is 0.411 e. The molecule has 0 heterocycles. The SMILES string of the molecule is CC[C@H](CC(=O)O)NC(=O)c1ccc(C)c(NC(=O)OCC2c3ccccc3-c3ccccc32)c1. The summed E-state index contributed by atoms with van der Waals surface area (Å²) in [6.07, 6.45) is -0.266. The number of hydrogen-bond acceptors (Lipinski definition) is 4. The number of fused-ring (bicyclic) bond motifs is 3. The first-order chi connectivity index (χ1) is 16.9. The Balaban J connectivity index is 1.43. The predicted molar refractivity (Wildman–Crippen MR) is 134 cm³/mol. The van der Waals surface area contributed by atoms with Crippen molar-refractivity contribution in [1.29, 1.82) is 0 Å². The molecule has 0 unspecified atom stereocenters.